The van der Waals surface area contributed by atoms with Crippen molar-refractivity contribution in [2.24, 2.45) is 0 Å². The molecule has 6 nitrogen and oxygen atoms in total. The maximum atomic E-state index is 13.2. The van der Waals surface area contributed by atoms with E-state index in [1.165, 1.54) is 6.42 Å². The summed E-state index contributed by atoms with van der Waals surface area (Å²) in [6.45, 7) is 5.69. The molecule has 2 N–H and O–H groups in total. The van der Waals surface area contributed by atoms with Crippen molar-refractivity contribution in [1.82, 2.24) is 15.5 Å². The SMILES string of the molecule is C[C@H](NC(=O)[C@H]1N2C(=O)c3ccccc3[C@@H]2SC1(C)C)C(=O)NC1CCCCC1. The molecule has 3 amide bonds. The minimum atomic E-state index is -0.635. The van der Waals surface area contributed by atoms with Crippen LogP contribution in [0.15, 0.2) is 24.3 Å². The quantitative estimate of drug-likeness (QED) is 0.792. The van der Waals surface area contributed by atoms with Crippen molar-refractivity contribution in [2.75, 3.05) is 0 Å². The van der Waals surface area contributed by atoms with Crippen LogP contribution >= 0.6 is 11.8 Å². The summed E-state index contributed by atoms with van der Waals surface area (Å²) in [4.78, 5) is 40.5. The van der Waals surface area contributed by atoms with Crippen LogP contribution in [0.2, 0.25) is 0 Å². The van der Waals surface area contributed by atoms with Gasteiger partial charge in [0.25, 0.3) is 5.91 Å². The van der Waals surface area contributed by atoms with Gasteiger partial charge in [0.1, 0.15) is 17.5 Å². The topological polar surface area (TPSA) is 78.5 Å². The highest BCUT2D eigenvalue weighted by atomic mass is 32.2. The van der Waals surface area contributed by atoms with Crippen LogP contribution in [0.3, 0.4) is 0 Å². The van der Waals surface area contributed by atoms with Gasteiger partial charge in [0, 0.05) is 16.4 Å². The molecular weight excluding hydrogens is 386 g/mol. The summed E-state index contributed by atoms with van der Waals surface area (Å²) < 4.78 is -0.447. The first-order valence-electron chi connectivity index (χ1n) is 10.5. The van der Waals surface area contributed by atoms with Crippen molar-refractivity contribution in [3.05, 3.63) is 35.4 Å². The van der Waals surface area contributed by atoms with Crippen molar-refractivity contribution >= 4 is 29.5 Å². The lowest BCUT2D eigenvalue weighted by molar-refractivity contribution is -0.131. The van der Waals surface area contributed by atoms with Crippen LogP contribution in [-0.2, 0) is 9.59 Å². The Labute approximate surface area is 176 Å². The van der Waals surface area contributed by atoms with E-state index in [1.54, 1.807) is 23.6 Å². The molecule has 0 aromatic heterocycles. The van der Waals surface area contributed by atoms with Gasteiger partial charge >= 0.3 is 0 Å². The third-order valence-electron chi connectivity index (χ3n) is 6.25. The van der Waals surface area contributed by atoms with E-state index in [1.807, 2.05) is 38.1 Å². The number of carbonyl (C=O) groups excluding carboxylic acids is 3. The molecule has 0 spiro atoms. The second kappa shape index (κ2) is 7.67. The van der Waals surface area contributed by atoms with Crippen LogP contribution < -0.4 is 10.6 Å². The fraction of sp³-hybridized carbons (Fsp3) is 0.591. The first-order valence-corrected chi connectivity index (χ1v) is 11.4. The van der Waals surface area contributed by atoms with Crippen LogP contribution in [0, 0.1) is 0 Å². The van der Waals surface area contributed by atoms with E-state index in [9.17, 15) is 14.4 Å². The smallest absolute Gasteiger partial charge is 0.256 e. The number of amides is 3. The summed E-state index contributed by atoms with van der Waals surface area (Å²) in [5.41, 5.74) is 1.63. The fourth-order valence-corrected chi connectivity index (χ4v) is 6.32. The molecule has 29 heavy (non-hydrogen) atoms. The lowest BCUT2D eigenvalue weighted by Gasteiger charge is -2.31. The molecular formula is C22H29N3O3S. The molecule has 0 radical (unpaired) electrons. The molecule has 1 aromatic rings. The molecule has 1 saturated carbocycles. The number of carbonyl (C=O) groups is 3. The van der Waals surface area contributed by atoms with Crippen LogP contribution in [0.1, 0.15) is 74.2 Å². The Bertz CT molecular complexity index is 834. The summed E-state index contributed by atoms with van der Waals surface area (Å²) in [6.07, 6.45) is 5.50. The molecule has 3 atom stereocenters. The highest BCUT2D eigenvalue weighted by molar-refractivity contribution is 8.01. The molecule has 7 heteroatoms. The van der Waals surface area contributed by atoms with Gasteiger partial charge in [0.2, 0.25) is 11.8 Å². The van der Waals surface area contributed by atoms with E-state index in [-0.39, 0.29) is 29.1 Å². The minimum Gasteiger partial charge on any atom is -0.352 e. The average Bonchev–Trinajstić information content (AvgIpc) is 3.12. The Hall–Kier alpha value is -2.02. The summed E-state index contributed by atoms with van der Waals surface area (Å²) in [5, 5.41) is 5.78. The van der Waals surface area contributed by atoms with Gasteiger partial charge in [-0.1, -0.05) is 37.5 Å². The van der Waals surface area contributed by atoms with Gasteiger partial charge in [-0.2, -0.15) is 0 Å². The largest absolute Gasteiger partial charge is 0.352 e. The maximum Gasteiger partial charge on any atom is 0.256 e. The molecule has 0 bridgehead atoms. The van der Waals surface area contributed by atoms with Crippen LogP contribution in [-0.4, -0.2) is 45.5 Å². The summed E-state index contributed by atoms with van der Waals surface area (Å²) in [5.74, 6) is -0.526. The third kappa shape index (κ3) is 3.65. The van der Waals surface area contributed by atoms with Gasteiger partial charge in [0.15, 0.2) is 0 Å². The predicted molar refractivity (Wildman–Crippen MR) is 113 cm³/mol. The van der Waals surface area contributed by atoms with Gasteiger partial charge in [-0.25, -0.2) is 0 Å². The fourth-order valence-electron chi connectivity index (χ4n) is 4.74. The van der Waals surface area contributed by atoms with E-state index in [0.29, 0.717) is 5.56 Å². The van der Waals surface area contributed by atoms with Crippen LogP contribution in [0.5, 0.6) is 0 Å². The zero-order valence-corrected chi connectivity index (χ0v) is 18.1. The summed E-state index contributed by atoms with van der Waals surface area (Å²) in [7, 11) is 0. The highest BCUT2D eigenvalue weighted by Crippen LogP contribution is 2.56. The lowest BCUT2D eigenvalue weighted by atomic mass is 9.95. The van der Waals surface area contributed by atoms with Crippen LogP contribution in [0.25, 0.3) is 0 Å². The molecule has 2 fully saturated rings. The van der Waals surface area contributed by atoms with E-state index >= 15 is 0 Å². The third-order valence-corrected chi connectivity index (χ3v) is 7.78. The molecule has 1 aromatic carbocycles. The van der Waals surface area contributed by atoms with Gasteiger partial charge in [-0.15, -0.1) is 11.8 Å². The number of fused-ring (bicyclic) bond motifs is 3. The molecule has 1 aliphatic carbocycles. The number of nitrogens with zero attached hydrogens (tertiary/aromatic N) is 1. The monoisotopic (exact) mass is 415 g/mol. The molecule has 4 rings (SSSR count). The summed E-state index contributed by atoms with van der Waals surface area (Å²) in [6, 6.07) is 6.50. The lowest BCUT2D eigenvalue weighted by Crippen LogP contribution is -2.57. The van der Waals surface area contributed by atoms with Gasteiger partial charge in [-0.3, -0.25) is 14.4 Å². The van der Waals surface area contributed by atoms with Crippen molar-refractivity contribution in [3.63, 3.8) is 0 Å². The Kier molecular flexibility index (Phi) is 5.36. The Morgan fingerprint density at radius 1 is 1.17 bits per heavy atom. The van der Waals surface area contributed by atoms with Crippen LogP contribution in [0.4, 0.5) is 0 Å². The number of hydrogen-bond acceptors (Lipinski definition) is 4. The summed E-state index contributed by atoms with van der Waals surface area (Å²) >= 11 is 1.63. The van der Waals surface area contributed by atoms with Crippen molar-refractivity contribution < 1.29 is 14.4 Å². The number of thioether (sulfide) groups is 1. The molecule has 2 aliphatic heterocycles. The molecule has 1 saturated heterocycles. The van der Waals surface area contributed by atoms with Crippen molar-refractivity contribution in [1.29, 1.82) is 0 Å². The van der Waals surface area contributed by atoms with Crippen molar-refractivity contribution in [3.8, 4) is 0 Å². The second-order valence-corrected chi connectivity index (χ2v) is 10.6. The Morgan fingerprint density at radius 3 is 2.59 bits per heavy atom. The maximum absolute atomic E-state index is 13.2. The van der Waals surface area contributed by atoms with E-state index in [2.05, 4.69) is 10.6 Å². The molecule has 0 unspecified atom stereocenters. The number of rotatable bonds is 4. The molecule has 3 aliphatic rings. The van der Waals surface area contributed by atoms with Gasteiger partial charge in [0.05, 0.1) is 0 Å². The zero-order valence-electron chi connectivity index (χ0n) is 17.2. The standard InChI is InChI=1S/C22H29N3O3S/c1-13(18(26)24-14-9-5-4-6-10-14)23-19(27)17-22(2,3)29-21-16-12-8-7-11-15(16)20(28)25(17)21/h7-8,11-14,17,21H,4-6,9-10H2,1-3H3,(H,23,27)(H,24,26)/t13-,17+,21-/m0/s1. The highest BCUT2D eigenvalue weighted by Gasteiger charge is 2.57. The predicted octanol–water partition coefficient (Wildman–Crippen LogP) is 2.99. The normalized spacial score (nSPS) is 26.6. The van der Waals surface area contributed by atoms with E-state index in [0.717, 1.165) is 31.2 Å². The molecule has 156 valence electrons. The Morgan fingerprint density at radius 2 is 1.86 bits per heavy atom. The number of hydrogen-bond donors (Lipinski definition) is 2. The second-order valence-electron chi connectivity index (χ2n) is 8.85. The molecule has 2 heterocycles. The average molecular weight is 416 g/mol. The van der Waals surface area contributed by atoms with E-state index < -0.39 is 16.8 Å². The van der Waals surface area contributed by atoms with Crippen molar-refractivity contribution in [2.45, 2.75) is 81.1 Å². The number of nitrogens with one attached hydrogen (secondary N) is 2. The van der Waals surface area contributed by atoms with E-state index in [4.69, 9.17) is 0 Å². The minimum absolute atomic E-state index is 0.108. The number of benzene rings is 1. The first-order chi connectivity index (χ1) is 13.8. The van der Waals surface area contributed by atoms with Gasteiger partial charge in [-0.05, 0) is 45.2 Å². The van der Waals surface area contributed by atoms with Gasteiger partial charge < -0.3 is 15.5 Å². The zero-order chi connectivity index (χ0) is 20.8. The Balaban J connectivity index is 1.46. The first kappa shape index (κ1) is 20.3.